The Hall–Kier alpha value is -2.67. The topological polar surface area (TPSA) is 78.7 Å². The Kier molecular flexibility index (Phi) is 6.79. The van der Waals surface area contributed by atoms with Crippen molar-refractivity contribution in [2.45, 2.75) is 38.1 Å². The average molecular weight is 411 g/mol. The first-order valence-corrected chi connectivity index (χ1v) is 11.0. The normalized spacial score (nSPS) is 19.0. The van der Waals surface area contributed by atoms with E-state index in [0.717, 1.165) is 25.0 Å². The number of hydrogen-bond donors (Lipinski definition) is 1. The lowest BCUT2D eigenvalue weighted by atomic mass is 9.95. The van der Waals surface area contributed by atoms with E-state index in [1.807, 2.05) is 23.1 Å². The number of amides is 2. The third kappa shape index (κ3) is 4.90. The van der Waals surface area contributed by atoms with Gasteiger partial charge in [-0.2, -0.15) is 0 Å². The number of carbonyl (C=O) groups is 2. The summed E-state index contributed by atoms with van der Waals surface area (Å²) in [5, 5.41) is 3.15. The molecule has 0 radical (unpaired) electrons. The fourth-order valence-electron chi connectivity index (χ4n) is 4.67. The third-order valence-corrected chi connectivity index (χ3v) is 6.25. The quantitative estimate of drug-likeness (QED) is 0.758. The van der Waals surface area contributed by atoms with Crippen LogP contribution in [0.5, 0.6) is 0 Å². The Bertz CT molecular complexity index is 810. The van der Waals surface area contributed by atoms with Gasteiger partial charge in [0.2, 0.25) is 5.91 Å². The number of nitrogens with zero attached hydrogens (tertiary/aromatic N) is 3. The highest BCUT2D eigenvalue weighted by molar-refractivity contribution is 5.91. The van der Waals surface area contributed by atoms with Crippen LogP contribution in [0.25, 0.3) is 0 Å². The van der Waals surface area contributed by atoms with Gasteiger partial charge in [-0.15, -0.1) is 0 Å². The highest BCUT2D eigenvalue weighted by atomic mass is 16.3. The van der Waals surface area contributed by atoms with Crippen molar-refractivity contribution in [2.24, 2.45) is 5.92 Å². The molecule has 160 valence electrons. The van der Waals surface area contributed by atoms with Gasteiger partial charge in [0.1, 0.15) is 0 Å². The van der Waals surface area contributed by atoms with Gasteiger partial charge in [-0.3, -0.25) is 19.5 Å². The van der Waals surface area contributed by atoms with Crippen LogP contribution in [0, 0.1) is 5.92 Å². The van der Waals surface area contributed by atoms with Gasteiger partial charge in [-0.1, -0.05) is 18.9 Å². The maximum atomic E-state index is 13.2. The number of aromatic nitrogens is 1. The third-order valence-electron chi connectivity index (χ3n) is 6.25. The fraction of sp³-hybridized carbons (Fsp3) is 0.522. The maximum absolute atomic E-state index is 13.2. The van der Waals surface area contributed by atoms with Crippen molar-refractivity contribution in [3.63, 3.8) is 0 Å². The van der Waals surface area contributed by atoms with Crippen LogP contribution in [0.15, 0.2) is 47.2 Å². The highest BCUT2D eigenvalue weighted by Crippen LogP contribution is 2.31. The fourth-order valence-corrected chi connectivity index (χ4v) is 4.67. The predicted octanol–water partition coefficient (Wildman–Crippen LogP) is 2.35. The molecule has 1 aliphatic heterocycles. The van der Waals surface area contributed by atoms with Crippen molar-refractivity contribution in [3.05, 3.63) is 54.2 Å². The van der Waals surface area contributed by atoms with Gasteiger partial charge in [0.15, 0.2) is 5.76 Å². The van der Waals surface area contributed by atoms with Crippen LogP contribution in [-0.2, 0) is 11.2 Å². The number of hydrogen-bond acceptors (Lipinski definition) is 5. The second kappa shape index (κ2) is 9.89. The molecule has 30 heavy (non-hydrogen) atoms. The molecule has 3 heterocycles. The molecule has 1 aliphatic carbocycles. The summed E-state index contributed by atoms with van der Waals surface area (Å²) in [4.78, 5) is 34.1. The summed E-state index contributed by atoms with van der Waals surface area (Å²) >= 11 is 0. The van der Waals surface area contributed by atoms with Crippen molar-refractivity contribution in [2.75, 3.05) is 32.7 Å². The zero-order chi connectivity index (χ0) is 20.8. The number of piperazine rings is 1. The minimum absolute atomic E-state index is 0.0723. The molecule has 0 spiro atoms. The Balaban J connectivity index is 1.34. The zero-order valence-electron chi connectivity index (χ0n) is 17.3. The second-order valence-electron chi connectivity index (χ2n) is 8.16. The van der Waals surface area contributed by atoms with Crippen molar-refractivity contribution in [1.82, 2.24) is 20.1 Å². The summed E-state index contributed by atoms with van der Waals surface area (Å²) < 4.78 is 5.25. The lowest BCUT2D eigenvalue weighted by molar-refractivity contribution is -0.129. The molecule has 2 aromatic rings. The van der Waals surface area contributed by atoms with E-state index in [0.29, 0.717) is 44.4 Å². The van der Waals surface area contributed by atoms with Crippen LogP contribution >= 0.6 is 0 Å². The van der Waals surface area contributed by atoms with Crippen molar-refractivity contribution in [3.8, 4) is 0 Å². The van der Waals surface area contributed by atoms with Gasteiger partial charge in [0, 0.05) is 51.0 Å². The second-order valence-corrected chi connectivity index (χ2v) is 8.16. The Labute approximate surface area is 177 Å². The number of carbonyl (C=O) groups excluding carboxylic acids is 2. The first-order chi connectivity index (χ1) is 14.7. The lowest BCUT2D eigenvalue weighted by Crippen LogP contribution is -2.58. The number of rotatable bonds is 7. The number of pyridine rings is 1. The Morgan fingerprint density at radius 3 is 2.57 bits per heavy atom. The minimum atomic E-state index is -0.114. The van der Waals surface area contributed by atoms with Crippen molar-refractivity contribution >= 4 is 11.8 Å². The van der Waals surface area contributed by atoms with Crippen molar-refractivity contribution < 1.29 is 14.0 Å². The van der Waals surface area contributed by atoms with E-state index >= 15 is 0 Å². The molecule has 0 bridgehead atoms. The van der Waals surface area contributed by atoms with Crippen LogP contribution in [0.4, 0.5) is 0 Å². The molecule has 1 saturated heterocycles. The van der Waals surface area contributed by atoms with Gasteiger partial charge < -0.3 is 14.6 Å². The highest BCUT2D eigenvalue weighted by Gasteiger charge is 2.37. The van der Waals surface area contributed by atoms with Gasteiger partial charge in [0.05, 0.1) is 12.3 Å². The first-order valence-electron chi connectivity index (χ1n) is 11.0. The molecule has 1 atom stereocenters. The molecule has 0 aromatic carbocycles. The summed E-state index contributed by atoms with van der Waals surface area (Å²) in [7, 11) is 0. The Morgan fingerprint density at radius 1 is 1.10 bits per heavy atom. The summed E-state index contributed by atoms with van der Waals surface area (Å²) in [6.45, 7) is 3.24. The standard InChI is InChI=1S/C23H30N4O3/c28-22(25-12-10-19-8-3-4-11-24-19)21(18-6-1-2-7-18)26-13-15-27(16-14-26)23(29)20-9-5-17-30-20/h3-5,8-9,11,17-18,21H,1-2,6-7,10,12-16H2,(H,25,28)/t21-/m0/s1. The van der Waals surface area contributed by atoms with Crippen molar-refractivity contribution in [1.29, 1.82) is 0 Å². The molecule has 1 saturated carbocycles. The molecular weight excluding hydrogens is 380 g/mol. The molecule has 0 unspecified atom stereocenters. The lowest BCUT2D eigenvalue weighted by Gasteiger charge is -2.40. The van der Waals surface area contributed by atoms with E-state index in [2.05, 4.69) is 15.2 Å². The Morgan fingerprint density at radius 2 is 1.90 bits per heavy atom. The predicted molar refractivity (Wildman–Crippen MR) is 113 cm³/mol. The van der Waals surface area contributed by atoms with Gasteiger partial charge in [-0.05, 0) is 43.0 Å². The van der Waals surface area contributed by atoms with E-state index in [9.17, 15) is 9.59 Å². The SMILES string of the molecule is O=C(NCCc1ccccn1)[C@H](C1CCCC1)N1CCN(C(=O)c2ccco2)CC1. The van der Waals surface area contributed by atoms with Crippen LogP contribution in [0.3, 0.4) is 0 Å². The summed E-state index contributed by atoms with van der Waals surface area (Å²) in [5.74, 6) is 0.816. The molecule has 7 heteroatoms. The van der Waals surface area contributed by atoms with Crippen LogP contribution in [0.2, 0.25) is 0 Å². The summed E-state index contributed by atoms with van der Waals surface area (Å²) in [5.41, 5.74) is 0.986. The smallest absolute Gasteiger partial charge is 0.289 e. The largest absolute Gasteiger partial charge is 0.459 e. The van der Waals surface area contributed by atoms with Gasteiger partial charge in [-0.25, -0.2) is 0 Å². The average Bonchev–Trinajstić information content (AvgIpc) is 3.49. The van der Waals surface area contributed by atoms with E-state index < -0.39 is 0 Å². The molecular formula is C23H30N4O3. The molecule has 1 N–H and O–H groups in total. The van der Waals surface area contributed by atoms with E-state index in [1.54, 1.807) is 18.3 Å². The first kappa shape index (κ1) is 20.6. The molecule has 2 aliphatic rings. The van der Waals surface area contributed by atoms with E-state index in [1.165, 1.54) is 19.1 Å². The van der Waals surface area contributed by atoms with Crippen LogP contribution < -0.4 is 5.32 Å². The number of furan rings is 1. The van der Waals surface area contributed by atoms with Crippen LogP contribution in [-0.4, -0.2) is 65.4 Å². The molecule has 2 fully saturated rings. The molecule has 2 amide bonds. The maximum Gasteiger partial charge on any atom is 0.289 e. The van der Waals surface area contributed by atoms with E-state index in [-0.39, 0.29) is 17.9 Å². The van der Waals surface area contributed by atoms with E-state index in [4.69, 9.17) is 4.42 Å². The monoisotopic (exact) mass is 410 g/mol. The molecule has 2 aromatic heterocycles. The zero-order valence-corrected chi connectivity index (χ0v) is 17.3. The van der Waals surface area contributed by atoms with Crippen LogP contribution in [0.1, 0.15) is 41.9 Å². The molecule has 4 rings (SSSR count). The summed E-state index contributed by atoms with van der Waals surface area (Å²) in [6.07, 6.45) is 8.62. The number of nitrogens with one attached hydrogen (secondary N) is 1. The molecule has 7 nitrogen and oxygen atoms in total. The van der Waals surface area contributed by atoms with Gasteiger partial charge in [0.25, 0.3) is 5.91 Å². The minimum Gasteiger partial charge on any atom is -0.459 e. The summed E-state index contributed by atoms with van der Waals surface area (Å²) in [6, 6.07) is 9.16. The van der Waals surface area contributed by atoms with Gasteiger partial charge >= 0.3 is 0 Å².